The van der Waals surface area contributed by atoms with Crippen molar-refractivity contribution in [2.45, 2.75) is 62.3 Å². The zero-order valence-electron chi connectivity index (χ0n) is 34.8. The summed E-state index contributed by atoms with van der Waals surface area (Å²) in [5, 5.41) is 8.72. The number of carboxylic acids is 1. The molecule has 1 N–H and O–H groups in total. The van der Waals surface area contributed by atoms with Crippen molar-refractivity contribution in [3.8, 4) is 0 Å². The van der Waals surface area contributed by atoms with Gasteiger partial charge in [-0.05, 0) is 61.5 Å². The van der Waals surface area contributed by atoms with Crippen LogP contribution in [-0.4, -0.2) is 83.3 Å². The SMILES string of the molecule is C=C[C@@H](C=C(C)C)C(C)(C(=O)OC)C(=O)OC.C=C[C@@H](C=C(C)C)C(C)C(=O)O.COC(=O)C(C)C(=O)OC.COC(=O)OC/C=C/C=C(C)C.[H-].[Na+]. The van der Waals surface area contributed by atoms with E-state index in [2.05, 4.69) is 41.6 Å². The third-order valence-corrected chi connectivity index (χ3v) is 6.56. The Balaban J connectivity index is -0.000000140. The molecular weight excluding hydrogens is 687 g/mol. The van der Waals surface area contributed by atoms with E-state index in [9.17, 15) is 28.8 Å². The fraction of sp³-hybridized carbons (Fsp3) is 0.526. The molecule has 0 aromatic carbocycles. The number of rotatable bonds is 14. The molecule has 0 radical (unpaired) electrons. The molecule has 0 aliphatic heterocycles. The normalized spacial score (nSPS) is 11.4. The average molecular weight is 749 g/mol. The number of carbonyl (C=O) groups is 6. The van der Waals surface area contributed by atoms with Crippen LogP contribution < -0.4 is 29.6 Å². The molecule has 292 valence electrons. The molecule has 0 saturated heterocycles. The maximum Gasteiger partial charge on any atom is 1.00 e. The van der Waals surface area contributed by atoms with Crippen LogP contribution in [0.2, 0.25) is 0 Å². The Bertz CT molecular complexity index is 1220. The van der Waals surface area contributed by atoms with Crippen LogP contribution >= 0.6 is 0 Å². The molecule has 14 heteroatoms. The van der Waals surface area contributed by atoms with E-state index >= 15 is 0 Å². The first-order valence-corrected chi connectivity index (χ1v) is 15.7. The molecule has 0 fully saturated rings. The van der Waals surface area contributed by atoms with Crippen LogP contribution in [0.3, 0.4) is 0 Å². The van der Waals surface area contributed by atoms with Gasteiger partial charge < -0.3 is 35.0 Å². The number of hydrogen-bond donors (Lipinski definition) is 1. The molecule has 0 aromatic heterocycles. The van der Waals surface area contributed by atoms with Gasteiger partial charge in [0.1, 0.15) is 6.61 Å². The third kappa shape index (κ3) is 25.9. The van der Waals surface area contributed by atoms with E-state index in [1.807, 2.05) is 59.8 Å². The van der Waals surface area contributed by atoms with E-state index in [1.54, 1.807) is 31.2 Å². The van der Waals surface area contributed by atoms with Gasteiger partial charge in [0.2, 0.25) is 0 Å². The second kappa shape index (κ2) is 32.9. The second-order valence-electron chi connectivity index (χ2n) is 11.6. The van der Waals surface area contributed by atoms with Gasteiger partial charge in [-0.2, -0.15) is 0 Å². The van der Waals surface area contributed by atoms with Gasteiger partial charge in [0.25, 0.3) is 0 Å². The summed E-state index contributed by atoms with van der Waals surface area (Å²) >= 11 is 0. The summed E-state index contributed by atoms with van der Waals surface area (Å²) in [6.45, 7) is 23.8. The van der Waals surface area contributed by atoms with Gasteiger partial charge in [0.05, 0.1) is 41.5 Å². The van der Waals surface area contributed by atoms with Crippen molar-refractivity contribution in [3.05, 3.63) is 72.4 Å². The Hall–Kier alpha value is -3.94. The molecule has 0 aliphatic carbocycles. The van der Waals surface area contributed by atoms with Crippen molar-refractivity contribution in [2.75, 3.05) is 42.2 Å². The number of methoxy groups -OCH3 is 5. The van der Waals surface area contributed by atoms with E-state index in [4.69, 9.17) is 5.11 Å². The zero-order chi connectivity index (χ0) is 40.9. The van der Waals surface area contributed by atoms with Crippen molar-refractivity contribution in [2.24, 2.45) is 29.1 Å². The monoisotopic (exact) mass is 748 g/mol. The first-order valence-electron chi connectivity index (χ1n) is 15.7. The summed E-state index contributed by atoms with van der Waals surface area (Å²) < 4.78 is 26.8. The topological polar surface area (TPSA) is 178 Å². The third-order valence-electron chi connectivity index (χ3n) is 6.56. The van der Waals surface area contributed by atoms with Crippen LogP contribution in [-0.2, 0) is 52.4 Å². The summed E-state index contributed by atoms with van der Waals surface area (Å²) in [4.78, 5) is 65.8. The Morgan fingerprint density at radius 2 is 1.15 bits per heavy atom. The number of allylic oxidation sites excluding steroid dienone is 9. The van der Waals surface area contributed by atoms with Gasteiger partial charge in [0, 0.05) is 11.8 Å². The van der Waals surface area contributed by atoms with Crippen LogP contribution in [0.4, 0.5) is 4.79 Å². The molecule has 0 rings (SSSR count). The number of hydrogen-bond acceptors (Lipinski definition) is 12. The molecule has 52 heavy (non-hydrogen) atoms. The van der Waals surface area contributed by atoms with Crippen molar-refractivity contribution in [1.82, 2.24) is 0 Å². The first kappa shape index (κ1) is 57.4. The molecule has 0 heterocycles. The number of carbonyl (C=O) groups excluding carboxylic acids is 5. The predicted octanol–water partition coefficient (Wildman–Crippen LogP) is 3.96. The summed E-state index contributed by atoms with van der Waals surface area (Å²) in [6, 6.07) is 0. The molecule has 0 amide bonds. The first-order chi connectivity index (χ1) is 23.6. The van der Waals surface area contributed by atoms with Gasteiger partial charge in [0.15, 0.2) is 11.3 Å². The summed E-state index contributed by atoms with van der Waals surface area (Å²) in [7, 11) is 6.21. The van der Waals surface area contributed by atoms with Crippen LogP contribution in [0, 0.1) is 29.1 Å². The molecule has 0 spiro atoms. The van der Waals surface area contributed by atoms with Gasteiger partial charge in [-0.15, -0.1) is 13.2 Å². The zero-order valence-corrected chi connectivity index (χ0v) is 35.8. The van der Waals surface area contributed by atoms with Gasteiger partial charge in [-0.3, -0.25) is 24.0 Å². The van der Waals surface area contributed by atoms with Crippen LogP contribution in [0.1, 0.15) is 63.7 Å². The fourth-order valence-corrected chi connectivity index (χ4v) is 3.52. The summed E-state index contributed by atoms with van der Waals surface area (Å²) in [6.07, 6.45) is 11.8. The number of aliphatic carboxylic acids is 1. The Morgan fingerprint density at radius 1 is 0.712 bits per heavy atom. The minimum atomic E-state index is -1.40. The van der Waals surface area contributed by atoms with Crippen molar-refractivity contribution >= 4 is 36.0 Å². The molecule has 0 saturated carbocycles. The van der Waals surface area contributed by atoms with Crippen molar-refractivity contribution < 1.29 is 93.3 Å². The number of esters is 4. The number of ether oxygens (including phenoxy) is 6. The van der Waals surface area contributed by atoms with Gasteiger partial charge >= 0.3 is 65.6 Å². The number of carboxylic acid groups (broad SMARTS) is 1. The standard InChI is InChI=1S/C13H20O4.C10H16O2.C9H14O3.C6H10O4.Na.H/c1-7-10(8-9(2)3)13(4,11(14)16-5)12(15)17-6;1-5-9(6-7(2)3)8(4)10(11)12;1-8(2)6-4-5-7-12-9(10)11-3;1-4(5(7)9-2)6(8)10-3;;/h7-8,10H,1H2,2-6H3;5-6,8-9H,1H2,2-4H3,(H,11,12);4-6H,7H2,1-3H3;4H,1-3H3;;/q;;;;+1;-1/b;;5-4+;;;/t10-;8?,9-;;;;/m00..../s1. The van der Waals surface area contributed by atoms with Gasteiger partial charge in [-0.1, -0.05) is 60.1 Å². The van der Waals surface area contributed by atoms with Crippen LogP contribution in [0.25, 0.3) is 0 Å². The van der Waals surface area contributed by atoms with Crippen LogP contribution in [0.5, 0.6) is 0 Å². The molecule has 3 atom stereocenters. The molecule has 0 bridgehead atoms. The van der Waals surface area contributed by atoms with Crippen molar-refractivity contribution in [3.63, 3.8) is 0 Å². The van der Waals surface area contributed by atoms with E-state index < -0.39 is 59.2 Å². The minimum absolute atomic E-state index is 0. The predicted molar refractivity (Wildman–Crippen MR) is 196 cm³/mol. The molecule has 1 unspecified atom stereocenters. The minimum Gasteiger partial charge on any atom is -1.00 e. The average Bonchev–Trinajstić information content (AvgIpc) is 3.10. The van der Waals surface area contributed by atoms with E-state index in [0.717, 1.165) is 11.1 Å². The molecule has 0 aliphatic rings. The summed E-state index contributed by atoms with van der Waals surface area (Å²) in [5.41, 5.74) is 1.90. The van der Waals surface area contributed by atoms with E-state index in [1.165, 1.54) is 55.0 Å². The molecule has 13 nitrogen and oxygen atoms in total. The Kier molecular flexibility index (Phi) is 36.4. The Labute approximate surface area is 333 Å². The quantitative estimate of drug-likeness (QED) is 0.0675. The summed E-state index contributed by atoms with van der Waals surface area (Å²) in [5.74, 6) is -4.94. The van der Waals surface area contributed by atoms with E-state index in [0.29, 0.717) is 0 Å². The maximum absolute atomic E-state index is 11.8. The maximum atomic E-state index is 11.8. The van der Waals surface area contributed by atoms with Crippen LogP contribution in [0.15, 0.2) is 72.4 Å². The largest absolute Gasteiger partial charge is 1.00 e. The Morgan fingerprint density at radius 3 is 1.44 bits per heavy atom. The van der Waals surface area contributed by atoms with Gasteiger partial charge in [-0.25, -0.2) is 4.79 Å². The molecule has 0 aromatic rings. The van der Waals surface area contributed by atoms with E-state index in [-0.39, 0.29) is 43.5 Å². The molecular formula is C38H61NaO13. The smallest absolute Gasteiger partial charge is 1.00 e. The van der Waals surface area contributed by atoms with Crippen molar-refractivity contribution in [1.29, 1.82) is 0 Å². The fourth-order valence-electron chi connectivity index (χ4n) is 3.52. The second-order valence-corrected chi connectivity index (χ2v) is 11.6.